The van der Waals surface area contributed by atoms with Crippen molar-refractivity contribution in [2.24, 2.45) is 4.99 Å². The number of aryl methyl sites for hydroxylation is 1. The van der Waals surface area contributed by atoms with Crippen molar-refractivity contribution in [3.63, 3.8) is 0 Å². The van der Waals surface area contributed by atoms with Crippen molar-refractivity contribution in [3.8, 4) is 0 Å². The van der Waals surface area contributed by atoms with Crippen LogP contribution in [0, 0.1) is 6.92 Å². The Morgan fingerprint density at radius 3 is 2.85 bits per heavy atom. The third kappa shape index (κ3) is 3.51. The van der Waals surface area contributed by atoms with Crippen LogP contribution in [-0.4, -0.2) is 23.0 Å². The zero-order valence-corrected chi connectivity index (χ0v) is 12.7. The number of ketones is 1. The lowest BCUT2D eigenvalue weighted by Crippen LogP contribution is -2.17. The number of benzene rings is 1. The maximum atomic E-state index is 12.0. The number of aliphatic hydroxyl groups excluding tert-OH is 1. The Balaban J connectivity index is 2.12. The van der Waals surface area contributed by atoms with Gasteiger partial charge in [-0.15, -0.1) is 11.8 Å². The summed E-state index contributed by atoms with van der Waals surface area (Å²) in [5.74, 6) is 0.947. The molecule has 0 unspecified atom stereocenters. The van der Waals surface area contributed by atoms with Gasteiger partial charge < -0.3 is 5.11 Å². The largest absolute Gasteiger partial charge is 0.511 e. The van der Waals surface area contributed by atoms with Gasteiger partial charge in [0, 0.05) is 25.6 Å². The van der Waals surface area contributed by atoms with E-state index < -0.39 is 0 Å². The van der Waals surface area contributed by atoms with Crippen LogP contribution in [0.5, 0.6) is 0 Å². The number of carbonyl (C=O) groups excluding carboxylic acids is 1. The second kappa shape index (κ2) is 6.75. The first-order valence-electron chi connectivity index (χ1n) is 6.72. The van der Waals surface area contributed by atoms with E-state index in [1.807, 2.05) is 6.07 Å². The van der Waals surface area contributed by atoms with Gasteiger partial charge >= 0.3 is 0 Å². The Bertz CT molecular complexity index is 576. The summed E-state index contributed by atoms with van der Waals surface area (Å²) >= 11 is 1.51. The summed E-state index contributed by atoms with van der Waals surface area (Å²) < 4.78 is 0. The molecule has 2 rings (SSSR count). The maximum Gasteiger partial charge on any atom is 0.168 e. The van der Waals surface area contributed by atoms with E-state index >= 15 is 0 Å². The third-order valence-corrected chi connectivity index (χ3v) is 4.40. The van der Waals surface area contributed by atoms with Gasteiger partial charge in [-0.3, -0.25) is 9.79 Å². The van der Waals surface area contributed by atoms with Gasteiger partial charge in [0.2, 0.25) is 0 Å². The van der Waals surface area contributed by atoms with Gasteiger partial charge in [0.15, 0.2) is 5.78 Å². The molecule has 3 nitrogen and oxygen atoms in total. The molecule has 1 aliphatic rings. The SMILES string of the molecule is CN=C(SCc1cccc(C)c1)C1=C(O)CCCC1=O. The van der Waals surface area contributed by atoms with E-state index in [1.165, 1.54) is 22.9 Å². The van der Waals surface area contributed by atoms with Crippen LogP contribution in [0.4, 0.5) is 0 Å². The summed E-state index contributed by atoms with van der Waals surface area (Å²) in [6.45, 7) is 2.06. The molecule has 0 amide bonds. The summed E-state index contributed by atoms with van der Waals surface area (Å²) in [4.78, 5) is 16.1. The van der Waals surface area contributed by atoms with Crippen LogP contribution in [0.3, 0.4) is 0 Å². The lowest BCUT2D eigenvalue weighted by atomic mass is 9.97. The standard InChI is InChI=1S/C16H19NO2S/c1-11-5-3-6-12(9-11)10-20-16(17-2)15-13(18)7-4-8-14(15)19/h3,5-6,9,18H,4,7-8,10H2,1-2H3. The molecule has 0 fully saturated rings. The van der Waals surface area contributed by atoms with Crippen LogP contribution < -0.4 is 0 Å². The average molecular weight is 289 g/mol. The third-order valence-electron chi connectivity index (χ3n) is 3.26. The van der Waals surface area contributed by atoms with Gasteiger partial charge in [-0.2, -0.15) is 0 Å². The molecule has 0 spiro atoms. The van der Waals surface area contributed by atoms with E-state index in [4.69, 9.17) is 0 Å². The molecular weight excluding hydrogens is 270 g/mol. The summed E-state index contributed by atoms with van der Waals surface area (Å²) in [6, 6.07) is 8.26. The molecular formula is C16H19NO2S. The van der Waals surface area contributed by atoms with Gasteiger partial charge in [-0.05, 0) is 18.9 Å². The Morgan fingerprint density at radius 2 is 2.20 bits per heavy atom. The van der Waals surface area contributed by atoms with Crippen molar-refractivity contribution in [1.82, 2.24) is 0 Å². The molecule has 0 heterocycles. The van der Waals surface area contributed by atoms with Crippen LogP contribution in [0.2, 0.25) is 0 Å². The molecule has 4 heteroatoms. The molecule has 1 aromatic rings. The monoisotopic (exact) mass is 289 g/mol. The molecule has 20 heavy (non-hydrogen) atoms. The second-order valence-electron chi connectivity index (χ2n) is 4.90. The molecule has 0 aliphatic heterocycles. The van der Waals surface area contributed by atoms with Gasteiger partial charge in [0.25, 0.3) is 0 Å². The molecule has 0 radical (unpaired) electrons. The summed E-state index contributed by atoms with van der Waals surface area (Å²) in [5, 5.41) is 10.6. The van der Waals surface area contributed by atoms with E-state index in [0.29, 0.717) is 23.5 Å². The molecule has 0 bridgehead atoms. The summed E-state index contributed by atoms with van der Waals surface area (Å²) in [6.07, 6.45) is 1.81. The number of aliphatic hydroxyl groups is 1. The fourth-order valence-corrected chi connectivity index (χ4v) is 3.26. The molecule has 0 atom stereocenters. The Hall–Kier alpha value is -1.55. The van der Waals surface area contributed by atoms with Crippen molar-refractivity contribution < 1.29 is 9.90 Å². The maximum absolute atomic E-state index is 12.0. The number of allylic oxidation sites excluding steroid dienone is 1. The second-order valence-corrected chi connectivity index (χ2v) is 5.87. The van der Waals surface area contributed by atoms with Crippen molar-refractivity contribution >= 4 is 22.6 Å². The molecule has 1 aromatic carbocycles. The van der Waals surface area contributed by atoms with Crippen LogP contribution in [0.15, 0.2) is 40.6 Å². The highest BCUT2D eigenvalue weighted by Crippen LogP contribution is 2.27. The fraction of sp³-hybridized carbons (Fsp3) is 0.375. The normalized spacial score (nSPS) is 16.7. The average Bonchev–Trinajstić information content (AvgIpc) is 2.42. The molecule has 1 aliphatic carbocycles. The number of hydrogen-bond donors (Lipinski definition) is 1. The van der Waals surface area contributed by atoms with E-state index in [2.05, 4.69) is 30.1 Å². The highest BCUT2D eigenvalue weighted by Gasteiger charge is 2.24. The smallest absolute Gasteiger partial charge is 0.168 e. The van der Waals surface area contributed by atoms with Crippen molar-refractivity contribution in [2.75, 3.05) is 7.05 Å². The van der Waals surface area contributed by atoms with Gasteiger partial charge in [0.1, 0.15) is 10.8 Å². The Kier molecular flexibility index (Phi) is 5.01. The molecule has 106 valence electrons. The zero-order valence-electron chi connectivity index (χ0n) is 11.8. The zero-order chi connectivity index (χ0) is 14.5. The van der Waals surface area contributed by atoms with E-state index in [0.717, 1.165) is 12.2 Å². The van der Waals surface area contributed by atoms with Gasteiger partial charge in [-0.1, -0.05) is 29.8 Å². The van der Waals surface area contributed by atoms with Crippen molar-refractivity contribution in [1.29, 1.82) is 0 Å². The van der Waals surface area contributed by atoms with Crippen LogP contribution in [0.25, 0.3) is 0 Å². The number of aliphatic imine (C=N–C) groups is 1. The molecule has 0 saturated heterocycles. The number of carbonyl (C=O) groups is 1. The Morgan fingerprint density at radius 1 is 1.40 bits per heavy atom. The number of nitrogens with zero attached hydrogens (tertiary/aromatic N) is 1. The van der Waals surface area contributed by atoms with E-state index in [9.17, 15) is 9.90 Å². The molecule has 1 N–H and O–H groups in total. The van der Waals surface area contributed by atoms with Crippen molar-refractivity contribution in [3.05, 3.63) is 46.7 Å². The lowest BCUT2D eigenvalue weighted by Gasteiger charge is -2.16. The van der Waals surface area contributed by atoms with Gasteiger partial charge in [-0.25, -0.2) is 0 Å². The van der Waals surface area contributed by atoms with E-state index in [-0.39, 0.29) is 11.5 Å². The highest BCUT2D eigenvalue weighted by molar-refractivity contribution is 8.13. The van der Waals surface area contributed by atoms with Crippen LogP contribution in [-0.2, 0) is 10.5 Å². The number of hydrogen-bond acceptors (Lipinski definition) is 4. The lowest BCUT2D eigenvalue weighted by molar-refractivity contribution is -0.115. The quantitative estimate of drug-likeness (QED) is 0.679. The van der Waals surface area contributed by atoms with Crippen LogP contribution in [0.1, 0.15) is 30.4 Å². The minimum absolute atomic E-state index is 0.00564. The predicted octanol–water partition coefficient (Wildman–Crippen LogP) is 3.82. The summed E-state index contributed by atoms with van der Waals surface area (Å²) in [5.41, 5.74) is 2.84. The summed E-state index contributed by atoms with van der Waals surface area (Å²) in [7, 11) is 1.67. The number of rotatable bonds is 3. The molecule has 0 saturated carbocycles. The minimum atomic E-state index is 0.00564. The Labute approximate surface area is 123 Å². The topological polar surface area (TPSA) is 49.7 Å². The number of Topliss-reactive ketones (excluding diaryl/α,β-unsaturated/α-hetero) is 1. The van der Waals surface area contributed by atoms with Crippen LogP contribution >= 0.6 is 11.8 Å². The first-order valence-corrected chi connectivity index (χ1v) is 7.71. The predicted molar refractivity (Wildman–Crippen MR) is 84.3 cm³/mol. The molecule has 0 aromatic heterocycles. The fourth-order valence-electron chi connectivity index (χ4n) is 2.27. The van der Waals surface area contributed by atoms with Crippen molar-refractivity contribution in [2.45, 2.75) is 31.9 Å². The first-order chi connectivity index (χ1) is 9.61. The van der Waals surface area contributed by atoms with E-state index in [1.54, 1.807) is 7.05 Å². The van der Waals surface area contributed by atoms with Gasteiger partial charge in [0.05, 0.1) is 5.57 Å². The minimum Gasteiger partial charge on any atom is -0.511 e. The first kappa shape index (κ1) is 14.9. The number of thioether (sulfide) groups is 1. The highest BCUT2D eigenvalue weighted by atomic mass is 32.2.